The van der Waals surface area contributed by atoms with Crippen LogP contribution < -0.4 is 0 Å². The molecule has 0 aromatic heterocycles. The highest BCUT2D eigenvalue weighted by atomic mass is 32.1. The van der Waals surface area contributed by atoms with E-state index < -0.39 is 0 Å². The van der Waals surface area contributed by atoms with Crippen LogP contribution in [0.4, 0.5) is 0 Å². The lowest BCUT2D eigenvalue weighted by Crippen LogP contribution is -2.36. The topological polar surface area (TPSA) is 6.48 Å². The molecule has 0 aliphatic carbocycles. The van der Waals surface area contributed by atoms with Gasteiger partial charge in [0.05, 0.1) is 0 Å². The van der Waals surface area contributed by atoms with Crippen LogP contribution >= 0.6 is 12.6 Å². The Labute approximate surface area is 88.7 Å². The van der Waals surface area contributed by atoms with Gasteiger partial charge in [-0.15, -0.1) is 0 Å². The van der Waals surface area contributed by atoms with Crippen molar-refractivity contribution >= 4 is 12.6 Å². The quantitative estimate of drug-likeness (QED) is 0.654. The smallest absolute Gasteiger partial charge is 0.0106 e. The van der Waals surface area contributed by atoms with Crippen molar-refractivity contribution < 1.29 is 0 Å². The van der Waals surface area contributed by atoms with E-state index in [1.807, 2.05) is 0 Å². The van der Waals surface area contributed by atoms with E-state index in [9.17, 15) is 0 Å². The number of hydrogen-bond donors (Lipinski definition) is 1. The van der Waals surface area contributed by atoms with Crippen LogP contribution in [0.3, 0.4) is 0 Å². The maximum atomic E-state index is 4.35. The van der Waals surface area contributed by atoms with Gasteiger partial charge in [-0.05, 0) is 32.3 Å². The molecule has 0 saturated heterocycles. The molecular weight excluding hydrogens is 180 g/mol. The number of likely N-dealkylation sites (N-methyl/N-ethyl adjacent to an activating group) is 2. The summed E-state index contributed by atoms with van der Waals surface area (Å²) in [5.74, 6) is 0.944. The van der Waals surface area contributed by atoms with Crippen LogP contribution in [0.5, 0.6) is 0 Å². The summed E-state index contributed by atoms with van der Waals surface area (Å²) in [6.07, 6.45) is 0. The van der Waals surface area contributed by atoms with E-state index in [0.29, 0.717) is 5.41 Å². The van der Waals surface area contributed by atoms with E-state index in [-0.39, 0.29) is 0 Å². The molecule has 0 spiro atoms. The summed E-state index contributed by atoms with van der Waals surface area (Å²) in [5.41, 5.74) is 0.324. The first-order chi connectivity index (χ1) is 5.87. The highest BCUT2D eigenvalue weighted by Crippen LogP contribution is 2.17. The minimum absolute atomic E-state index is 0.324. The second-order valence-corrected chi connectivity index (χ2v) is 5.18. The van der Waals surface area contributed by atoms with Crippen molar-refractivity contribution in [2.45, 2.75) is 13.8 Å². The molecule has 0 atom stereocenters. The minimum Gasteiger partial charge on any atom is -0.308 e. The zero-order chi connectivity index (χ0) is 10.5. The Kier molecular flexibility index (Phi) is 6.01. The Morgan fingerprint density at radius 2 is 1.62 bits per heavy atom. The van der Waals surface area contributed by atoms with E-state index in [1.54, 1.807) is 0 Å². The second kappa shape index (κ2) is 5.89. The van der Waals surface area contributed by atoms with Crippen LogP contribution in [0.1, 0.15) is 13.8 Å². The van der Waals surface area contributed by atoms with Gasteiger partial charge < -0.3 is 9.80 Å². The fraction of sp³-hybridized carbons (Fsp3) is 1.00. The molecule has 0 fully saturated rings. The van der Waals surface area contributed by atoms with Crippen molar-refractivity contribution in [2.24, 2.45) is 5.41 Å². The van der Waals surface area contributed by atoms with Crippen molar-refractivity contribution in [3.8, 4) is 0 Å². The van der Waals surface area contributed by atoms with E-state index in [0.717, 1.165) is 25.4 Å². The summed E-state index contributed by atoms with van der Waals surface area (Å²) >= 11 is 4.35. The van der Waals surface area contributed by atoms with Gasteiger partial charge in [0.1, 0.15) is 0 Å². The average molecular weight is 204 g/mol. The molecule has 0 saturated carbocycles. The highest BCUT2D eigenvalue weighted by Gasteiger charge is 2.17. The molecule has 0 bridgehead atoms. The number of rotatable bonds is 6. The number of nitrogens with zero attached hydrogens (tertiary/aromatic N) is 2. The number of hydrogen-bond acceptors (Lipinski definition) is 3. The van der Waals surface area contributed by atoms with Crippen LogP contribution in [0.25, 0.3) is 0 Å². The van der Waals surface area contributed by atoms with Gasteiger partial charge >= 0.3 is 0 Å². The first-order valence-electron chi connectivity index (χ1n) is 4.81. The SMILES string of the molecule is CN(C)CCN(C)CC(C)(C)CS. The van der Waals surface area contributed by atoms with Gasteiger partial charge in [0.2, 0.25) is 0 Å². The molecule has 0 unspecified atom stereocenters. The molecular formula is C10H24N2S. The molecule has 0 amide bonds. The van der Waals surface area contributed by atoms with Gasteiger partial charge in [-0.3, -0.25) is 0 Å². The molecule has 3 heteroatoms. The van der Waals surface area contributed by atoms with Crippen LogP contribution in [0.2, 0.25) is 0 Å². The summed E-state index contributed by atoms with van der Waals surface area (Å²) in [7, 11) is 6.39. The van der Waals surface area contributed by atoms with E-state index in [1.165, 1.54) is 0 Å². The predicted octanol–water partition coefficient (Wildman–Crippen LogP) is 1.44. The first kappa shape index (κ1) is 13.3. The predicted molar refractivity (Wildman–Crippen MR) is 63.7 cm³/mol. The molecule has 13 heavy (non-hydrogen) atoms. The summed E-state index contributed by atoms with van der Waals surface area (Å²) < 4.78 is 0. The molecule has 0 N–H and O–H groups in total. The van der Waals surface area contributed by atoms with Crippen molar-refractivity contribution in [1.29, 1.82) is 0 Å². The van der Waals surface area contributed by atoms with Gasteiger partial charge in [0.15, 0.2) is 0 Å². The van der Waals surface area contributed by atoms with Gasteiger partial charge in [0, 0.05) is 19.6 Å². The average Bonchev–Trinajstić information content (AvgIpc) is 2.00. The Hall–Kier alpha value is 0.270. The third-order valence-electron chi connectivity index (χ3n) is 2.05. The maximum Gasteiger partial charge on any atom is 0.0106 e. The lowest BCUT2D eigenvalue weighted by atomic mass is 9.96. The lowest BCUT2D eigenvalue weighted by molar-refractivity contribution is 0.212. The molecule has 0 aliphatic heterocycles. The zero-order valence-corrected chi connectivity index (χ0v) is 10.6. The minimum atomic E-state index is 0.324. The fourth-order valence-corrected chi connectivity index (χ4v) is 1.33. The highest BCUT2D eigenvalue weighted by molar-refractivity contribution is 7.80. The van der Waals surface area contributed by atoms with Crippen LogP contribution in [0, 0.1) is 5.41 Å². The van der Waals surface area contributed by atoms with Gasteiger partial charge in [-0.2, -0.15) is 12.6 Å². The van der Waals surface area contributed by atoms with Crippen molar-refractivity contribution in [3.63, 3.8) is 0 Å². The van der Waals surface area contributed by atoms with E-state index in [4.69, 9.17) is 0 Å². The molecule has 0 aromatic rings. The summed E-state index contributed by atoms with van der Waals surface area (Å²) in [6.45, 7) is 7.88. The fourth-order valence-electron chi connectivity index (χ4n) is 1.23. The Morgan fingerprint density at radius 1 is 1.08 bits per heavy atom. The normalized spacial score (nSPS) is 12.9. The number of thiol groups is 1. The Balaban J connectivity index is 3.67. The van der Waals surface area contributed by atoms with Gasteiger partial charge in [-0.1, -0.05) is 13.8 Å². The van der Waals surface area contributed by atoms with E-state index >= 15 is 0 Å². The summed E-state index contributed by atoms with van der Waals surface area (Å²) in [4.78, 5) is 4.58. The Bertz CT molecular complexity index is 135. The largest absolute Gasteiger partial charge is 0.308 e. The molecule has 0 aliphatic rings. The second-order valence-electron chi connectivity index (χ2n) is 4.86. The standard InChI is InChI=1S/C10H24N2S/c1-10(2,9-13)8-12(5)7-6-11(3)4/h13H,6-9H2,1-5H3. The van der Waals surface area contributed by atoms with Crippen LogP contribution in [0.15, 0.2) is 0 Å². The third kappa shape index (κ3) is 7.35. The van der Waals surface area contributed by atoms with Gasteiger partial charge in [-0.25, -0.2) is 0 Å². The molecule has 2 nitrogen and oxygen atoms in total. The first-order valence-corrected chi connectivity index (χ1v) is 5.45. The molecule has 0 radical (unpaired) electrons. The van der Waals surface area contributed by atoms with Gasteiger partial charge in [0.25, 0.3) is 0 Å². The van der Waals surface area contributed by atoms with Crippen molar-refractivity contribution in [2.75, 3.05) is 46.5 Å². The molecule has 0 aromatic carbocycles. The third-order valence-corrected chi connectivity index (χ3v) is 2.91. The van der Waals surface area contributed by atoms with Crippen LogP contribution in [-0.4, -0.2) is 56.3 Å². The lowest BCUT2D eigenvalue weighted by Gasteiger charge is -2.29. The van der Waals surface area contributed by atoms with Crippen molar-refractivity contribution in [1.82, 2.24) is 9.80 Å². The monoisotopic (exact) mass is 204 g/mol. The Morgan fingerprint density at radius 3 is 2.00 bits per heavy atom. The summed E-state index contributed by atoms with van der Waals surface area (Å²) in [6, 6.07) is 0. The maximum absolute atomic E-state index is 4.35. The summed E-state index contributed by atoms with van der Waals surface area (Å²) in [5, 5.41) is 0. The zero-order valence-electron chi connectivity index (χ0n) is 9.67. The molecule has 0 rings (SSSR count). The molecule has 0 heterocycles. The van der Waals surface area contributed by atoms with Crippen molar-refractivity contribution in [3.05, 3.63) is 0 Å². The van der Waals surface area contributed by atoms with Crippen LogP contribution in [-0.2, 0) is 0 Å². The molecule has 80 valence electrons. The van der Waals surface area contributed by atoms with E-state index in [2.05, 4.69) is 57.4 Å².